The van der Waals surface area contributed by atoms with Gasteiger partial charge in [-0.25, -0.2) is 4.39 Å². The molecule has 0 aliphatic rings. The fourth-order valence-electron chi connectivity index (χ4n) is 1.31. The van der Waals surface area contributed by atoms with Gasteiger partial charge in [-0.2, -0.15) is 0 Å². The van der Waals surface area contributed by atoms with Gasteiger partial charge in [0.2, 0.25) is 0 Å². The van der Waals surface area contributed by atoms with Crippen LogP contribution in [0.3, 0.4) is 0 Å². The first kappa shape index (κ1) is 13.5. The minimum atomic E-state index is -0.468. The van der Waals surface area contributed by atoms with Crippen LogP contribution in [0.1, 0.15) is 0 Å². The average Bonchev–Trinajstić information content (AvgIpc) is 2.29. The number of benzene rings is 2. The third-order valence-electron chi connectivity index (χ3n) is 2.17. The zero-order valence-electron chi connectivity index (χ0n) is 8.88. The zero-order valence-corrected chi connectivity index (χ0v) is 12.0. The topological polar surface area (TPSA) is 35.2 Å². The van der Waals surface area contributed by atoms with Crippen LogP contribution in [0.25, 0.3) is 0 Å². The van der Waals surface area contributed by atoms with Gasteiger partial charge in [0, 0.05) is 11.1 Å². The molecule has 0 atom stereocenters. The Morgan fingerprint density at radius 1 is 1.11 bits per heavy atom. The molecule has 0 radical (unpaired) electrons. The van der Waals surface area contributed by atoms with Crippen LogP contribution in [-0.4, -0.2) is 0 Å². The fourth-order valence-corrected chi connectivity index (χ4v) is 2.12. The summed E-state index contributed by atoms with van der Waals surface area (Å²) in [7, 11) is 0. The van der Waals surface area contributed by atoms with Crippen molar-refractivity contribution in [1.29, 1.82) is 0 Å². The molecule has 0 saturated heterocycles. The third-order valence-corrected chi connectivity index (χ3v) is 3.30. The van der Waals surface area contributed by atoms with Crippen LogP contribution in [0.2, 0.25) is 10.0 Å². The Bertz CT molecular complexity index is 607. The SMILES string of the molecule is Nc1cc(Br)c(F)cc1Oc1ccc(Cl)cc1Cl. The maximum absolute atomic E-state index is 13.4. The molecule has 2 nitrogen and oxygen atoms in total. The van der Waals surface area contributed by atoms with E-state index in [-0.39, 0.29) is 10.2 Å². The maximum Gasteiger partial charge on any atom is 0.153 e. The number of anilines is 1. The van der Waals surface area contributed by atoms with E-state index in [1.807, 2.05) is 0 Å². The van der Waals surface area contributed by atoms with E-state index < -0.39 is 5.82 Å². The van der Waals surface area contributed by atoms with Crippen molar-refractivity contribution in [3.05, 3.63) is 50.7 Å². The lowest BCUT2D eigenvalue weighted by Gasteiger charge is -2.10. The molecule has 2 N–H and O–H groups in total. The molecule has 0 fully saturated rings. The summed E-state index contributed by atoms with van der Waals surface area (Å²) in [5.74, 6) is 0.0821. The van der Waals surface area contributed by atoms with E-state index in [0.717, 1.165) is 0 Å². The van der Waals surface area contributed by atoms with Gasteiger partial charge in [-0.1, -0.05) is 23.2 Å². The first-order chi connectivity index (χ1) is 8.47. The van der Waals surface area contributed by atoms with Crippen molar-refractivity contribution in [2.45, 2.75) is 0 Å². The highest BCUT2D eigenvalue weighted by Gasteiger charge is 2.10. The number of rotatable bonds is 2. The zero-order chi connectivity index (χ0) is 13.3. The molecule has 0 amide bonds. The molecule has 0 bridgehead atoms. The fraction of sp³-hybridized carbons (Fsp3) is 0. The molecule has 0 unspecified atom stereocenters. The van der Waals surface area contributed by atoms with Crippen LogP contribution >= 0.6 is 39.1 Å². The smallest absolute Gasteiger partial charge is 0.153 e. The summed E-state index contributed by atoms with van der Waals surface area (Å²) in [5.41, 5.74) is 6.03. The van der Waals surface area contributed by atoms with Gasteiger partial charge >= 0.3 is 0 Å². The Labute approximate surface area is 122 Å². The molecule has 18 heavy (non-hydrogen) atoms. The molecule has 0 aliphatic carbocycles. The van der Waals surface area contributed by atoms with Crippen molar-refractivity contribution >= 4 is 44.8 Å². The van der Waals surface area contributed by atoms with Crippen LogP contribution in [0.5, 0.6) is 11.5 Å². The van der Waals surface area contributed by atoms with E-state index >= 15 is 0 Å². The maximum atomic E-state index is 13.4. The second kappa shape index (κ2) is 5.34. The van der Waals surface area contributed by atoms with E-state index in [4.69, 9.17) is 33.7 Å². The van der Waals surface area contributed by atoms with Gasteiger partial charge in [-0.3, -0.25) is 0 Å². The molecule has 0 aromatic heterocycles. The molecule has 0 spiro atoms. The van der Waals surface area contributed by atoms with Crippen molar-refractivity contribution in [3.63, 3.8) is 0 Å². The molecule has 0 heterocycles. The second-order valence-electron chi connectivity index (χ2n) is 3.48. The van der Waals surface area contributed by atoms with Gasteiger partial charge in [0.15, 0.2) is 5.75 Å². The van der Waals surface area contributed by atoms with E-state index in [2.05, 4.69) is 15.9 Å². The van der Waals surface area contributed by atoms with Gasteiger partial charge in [0.1, 0.15) is 11.6 Å². The molecule has 0 saturated carbocycles. The van der Waals surface area contributed by atoms with Crippen LogP contribution in [0.4, 0.5) is 10.1 Å². The molecular weight excluding hydrogens is 344 g/mol. The summed E-state index contributed by atoms with van der Waals surface area (Å²) < 4.78 is 19.1. The van der Waals surface area contributed by atoms with Gasteiger partial charge < -0.3 is 10.5 Å². The van der Waals surface area contributed by atoms with Gasteiger partial charge in [-0.05, 0) is 40.2 Å². The van der Waals surface area contributed by atoms with Crippen LogP contribution in [0, 0.1) is 5.82 Å². The molecule has 0 aliphatic heterocycles. The standard InChI is InChI=1S/C12H7BrCl2FNO/c13-7-4-10(17)12(5-9(7)16)18-11-2-1-6(14)3-8(11)15/h1-5H,17H2. The quantitative estimate of drug-likeness (QED) is 0.749. The van der Waals surface area contributed by atoms with Gasteiger partial charge in [0.05, 0.1) is 15.2 Å². The van der Waals surface area contributed by atoms with Crippen molar-refractivity contribution in [2.24, 2.45) is 0 Å². The molecule has 2 aromatic rings. The summed E-state index contributed by atoms with van der Waals surface area (Å²) >= 11 is 14.8. The minimum absolute atomic E-state index is 0.194. The summed E-state index contributed by atoms with van der Waals surface area (Å²) in [6.07, 6.45) is 0. The van der Waals surface area contributed by atoms with E-state index in [9.17, 15) is 4.39 Å². The van der Waals surface area contributed by atoms with Crippen LogP contribution < -0.4 is 10.5 Å². The normalized spacial score (nSPS) is 10.4. The predicted molar refractivity (Wildman–Crippen MR) is 75.0 cm³/mol. The number of hydrogen-bond donors (Lipinski definition) is 1. The largest absolute Gasteiger partial charge is 0.454 e. The van der Waals surface area contributed by atoms with Gasteiger partial charge in [-0.15, -0.1) is 0 Å². The molecule has 94 valence electrons. The molecule has 2 aromatic carbocycles. The lowest BCUT2D eigenvalue weighted by molar-refractivity contribution is 0.479. The predicted octanol–water partition coefficient (Wildman–Crippen LogP) is 5.27. The van der Waals surface area contributed by atoms with Crippen molar-refractivity contribution in [1.82, 2.24) is 0 Å². The number of halogens is 4. The van der Waals surface area contributed by atoms with Crippen LogP contribution in [-0.2, 0) is 0 Å². The van der Waals surface area contributed by atoms with Crippen molar-refractivity contribution < 1.29 is 9.13 Å². The highest BCUT2D eigenvalue weighted by molar-refractivity contribution is 9.10. The highest BCUT2D eigenvalue weighted by atomic mass is 79.9. The molecular formula is C12H7BrCl2FNO. The first-order valence-electron chi connectivity index (χ1n) is 4.85. The van der Waals surface area contributed by atoms with E-state index in [1.165, 1.54) is 18.2 Å². The Kier molecular flexibility index (Phi) is 4.00. The van der Waals surface area contributed by atoms with E-state index in [0.29, 0.717) is 21.5 Å². The summed E-state index contributed by atoms with van der Waals surface area (Å²) in [6, 6.07) is 7.35. The Morgan fingerprint density at radius 2 is 1.83 bits per heavy atom. The summed E-state index contributed by atoms with van der Waals surface area (Å²) in [4.78, 5) is 0. The summed E-state index contributed by atoms with van der Waals surface area (Å²) in [5, 5.41) is 0.813. The first-order valence-corrected chi connectivity index (χ1v) is 6.39. The number of nitrogens with two attached hydrogens (primary N) is 1. The average molecular weight is 351 g/mol. The number of nitrogen functional groups attached to an aromatic ring is 1. The lowest BCUT2D eigenvalue weighted by Crippen LogP contribution is -1.94. The van der Waals surface area contributed by atoms with Crippen molar-refractivity contribution in [2.75, 3.05) is 5.73 Å². The Morgan fingerprint density at radius 3 is 2.50 bits per heavy atom. The number of ether oxygens (including phenoxy) is 1. The Balaban J connectivity index is 2.37. The van der Waals surface area contributed by atoms with Crippen molar-refractivity contribution in [3.8, 4) is 11.5 Å². The summed E-state index contributed by atoms with van der Waals surface area (Å²) in [6.45, 7) is 0. The Hall–Kier alpha value is -0.970. The van der Waals surface area contributed by atoms with E-state index in [1.54, 1.807) is 12.1 Å². The van der Waals surface area contributed by atoms with Gasteiger partial charge in [0.25, 0.3) is 0 Å². The molecule has 6 heteroatoms. The minimum Gasteiger partial charge on any atom is -0.454 e. The second-order valence-corrected chi connectivity index (χ2v) is 5.18. The third kappa shape index (κ3) is 2.88. The lowest BCUT2D eigenvalue weighted by atomic mass is 10.3. The number of hydrogen-bond acceptors (Lipinski definition) is 2. The van der Waals surface area contributed by atoms with Crippen LogP contribution in [0.15, 0.2) is 34.8 Å². The monoisotopic (exact) mass is 349 g/mol. The highest BCUT2D eigenvalue weighted by Crippen LogP contribution is 2.36. The molecule has 2 rings (SSSR count).